The number of hydrogen-bond donors (Lipinski definition) is 1. The van der Waals surface area contributed by atoms with Crippen molar-refractivity contribution >= 4 is 28.6 Å². The Hall–Kier alpha value is -3.62. The van der Waals surface area contributed by atoms with E-state index in [1.807, 2.05) is 0 Å². The second kappa shape index (κ2) is 6.71. The van der Waals surface area contributed by atoms with E-state index >= 15 is 0 Å². The van der Waals surface area contributed by atoms with Gasteiger partial charge in [-0.15, -0.1) is 0 Å². The van der Waals surface area contributed by atoms with Crippen molar-refractivity contribution in [1.82, 2.24) is 9.78 Å². The van der Waals surface area contributed by atoms with Gasteiger partial charge in [-0.3, -0.25) is 14.8 Å². The van der Waals surface area contributed by atoms with Crippen LogP contribution in [0.15, 0.2) is 42.5 Å². The van der Waals surface area contributed by atoms with Gasteiger partial charge in [0, 0.05) is 35.2 Å². The molecule has 3 aromatic rings. The van der Waals surface area contributed by atoms with Crippen LogP contribution in [0.1, 0.15) is 11.3 Å². The van der Waals surface area contributed by atoms with Crippen molar-refractivity contribution in [3.8, 4) is 0 Å². The Bertz CT molecular complexity index is 1060. The van der Waals surface area contributed by atoms with Crippen LogP contribution in [0.4, 0.5) is 14.5 Å². The van der Waals surface area contributed by atoms with Gasteiger partial charge in [0.1, 0.15) is 11.6 Å². The molecule has 0 saturated carbocycles. The maximum Gasteiger partial charge on any atom is 0.328 e. The highest BCUT2D eigenvalue weighted by molar-refractivity contribution is 5.93. The molecule has 1 heterocycles. The van der Waals surface area contributed by atoms with Crippen LogP contribution in [0, 0.1) is 21.7 Å². The first-order valence-corrected chi connectivity index (χ1v) is 7.35. The lowest BCUT2D eigenvalue weighted by Gasteiger charge is -2.05. The summed E-state index contributed by atoms with van der Waals surface area (Å²) in [6.07, 6.45) is 2.13. The van der Waals surface area contributed by atoms with E-state index in [9.17, 15) is 23.7 Å². The van der Waals surface area contributed by atoms with Crippen LogP contribution in [-0.2, 0) is 11.3 Å². The average molecular weight is 359 g/mol. The summed E-state index contributed by atoms with van der Waals surface area (Å²) in [5, 5.41) is 24.5. The number of halogens is 2. The second-order valence-corrected chi connectivity index (χ2v) is 5.41. The molecule has 132 valence electrons. The number of carboxylic acids is 1. The van der Waals surface area contributed by atoms with Gasteiger partial charge < -0.3 is 5.11 Å². The van der Waals surface area contributed by atoms with Gasteiger partial charge in [-0.1, -0.05) is 6.07 Å². The minimum Gasteiger partial charge on any atom is -0.478 e. The predicted octanol–water partition coefficient (Wildman–Crippen LogP) is 3.37. The molecule has 0 fully saturated rings. The summed E-state index contributed by atoms with van der Waals surface area (Å²) < 4.78 is 28.3. The summed E-state index contributed by atoms with van der Waals surface area (Å²) in [5.41, 5.74) is 0.538. The quantitative estimate of drug-likeness (QED) is 0.428. The Morgan fingerprint density at radius 1 is 1.27 bits per heavy atom. The number of nitrogens with zero attached hydrogens (tertiary/aromatic N) is 3. The maximum absolute atomic E-state index is 13.9. The molecule has 7 nitrogen and oxygen atoms in total. The number of nitro benzene ring substituents is 1. The molecule has 0 atom stereocenters. The normalized spacial score (nSPS) is 11.3. The monoisotopic (exact) mass is 359 g/mol. The molecule has 1 N–H and O–H groups in total. The third-order valence-electron chi connectivity index (χ3n) is 3.69. The van der Waals surface area contributed by atoms with E-state index in [0.29, 0.717) is 10.9 Å². The van der Waals surface area contributed by atoms with Gasteiger partial charge in [0.2, 0.25) is 0 Å². The fourth-order valence-corrected chi connectivity index (χ4v) is 2.51. The summed E-state index contributed by atoms with van der Waals surface area (Å²) in [5.74, 6) is -2.68. The van der Waals surface area contributed by atoms with Crippen molar-refractivity contribution < 1.29 is 23.6 Å². The largest absolute Gasteiger partial charge is 0.478 e. The lowest BCUT2D eigenvalue weighted by Crippen LogP contribution is -2.04. The Morgan fingerprint density at radius 2 is 2.04 bits per heavy atom. The number of benzene rings is 2. The molecule has 9 heteroatoms. The molecule has 0 aliphatic rings. The van der Waals surface area contributed by atoms with E-state index in [2.05, 4.69) is 5.10 Å². The number of nitro groups is 1. The number of hydrogen-bond acceptors (Lipinski definition) is 4. The highest BCUT2D eigenvalue weighted by atomic mass is 19.1. The number of carbonyl (C=O) groups is 1. The Balaban J connectivity index is 2.14. The summed E-state index contributed by atoms with van der Waals surface area (Å²) in [6, 6.07) is 7.06. The molecule has 0 bridgehead atoms. The Morgan fingerprint density at radius 3 is 2.69 bits per heavy atom. The molecule has 0 unspecified atom stereocenters. The van der Waals surface area contributed by atoms with Crippen molar-refractivity contribution in [3.63, 3.8) is 0 Å². The van der Waals surface area contributed by atoms with E-state index in [1.54, 1.807) is 0 Å². The molecule has 2 aromatic carbocycles. The van der Waals surface area contributed by atoms with Gasteiger partial charge in [-0.05, 0) is 18.2 Å². The Labute approximate surface area is 144 Å². The van der Waals surface area contributed by atoms with E-state index in [-0.39, 0.29) is 23.5 Å². The molecule has 0 radical (unpaired) electrons. The van der Waals surface area contributed by atoms with E-state index < -0.39 is 22.5 Å². The Kier molecular flexibility index (Phi) is 4.44. The van der Waals surface area contributed by atoms with Crippen LogP contribution in [0.25, 0.3) is 17.0 Å². The molecule has 0 spiro atoms. The van der Waals surface area contributed by atoms with Gasteiger partial charge in [-0.2, -0.15) is 5.10 Å². The zero-order valence-corrected chi connectivity index (χ0v) is 13.1. The fraction of sp³-hybridized carbons (Fsp3) is 0.0588. The van der Waals surface area contributed by atoms with Crippen LogP contribution in [0.3, 0.4) is 0 Å². The topological polar surface area (TPSA) is 98.3 Å². The first kappa shape index (κ1) is 17.2. The second-order valence-electron chi connectivity index (χ2n) is 5.41. The van der Waals surface area contributed by atoms with Gasteiger partial charge >= 0.3 is 5.97 Å². The van der Waals surface area contributed by atoms with Crippen LogP contribution in [0.2, 0.25) is 0 Å². The number of rotatable bonds is 5. The van der Waals surface area contributed by atoms with Crippen molar-refractivity contribution in [3.05, 3.63) is 75.5 Å². The lowest BCUT2D eigenvalue weighted by molar-refractivity contribution is -0.384. The van der Waals surface area contributed by atoms with Gasteiger partial charge in [-0.25, -0.2) is 13.6 Å². The van der Waals surface area contributed by atoms with Crippen LogP contribution in [0.5, 0.6) is 0 Å². The summed E-state index contributed by atoms with van der Waals surface area (Å²) in [7, 11) is 0. The highest BCUT2D eigenvalue weighted by Crippen LogP contribution is 2.26. The summed E-state index contributed by atoms with van der Waals surface area (Å²) >= 11 is 0. The third-order valence-corrected chi connectivity index (χ3v) is 3.69. The van der Waals surface area contributed by atoms with Crippen molar-refractivity contribution in [2.24, 2.45) is 0 Å². The number of aromatic nitrogens is 2. The highest BCUT2D eigenvalue weighted by Gasteiger charge is 2.15. The van der Waals surface area contributed by atoms with Crippen molar-refractivity contribution in [2.75, 3.05) is 0 Å². The number of non-ortho nitro benzene ring substituents is 1. The number of fused-ring (bicyclic) bond motifs is 1. The summed E-state index contributed by atoms with van der Waals surface area (Å²) in [6.45, 7) is -0.106. The third kappa shape index (κ3) is 3.41. The van der Waals surface area contributed by atoms with E-state index in [4.69, 9.17) is 5.11 Å². The molecule has 26 heavy (non-hydrogen) atoms. The van der Waals surface area contributed by atoms with Crippen LogP contribution < -0.4 is 0 Å². The number of carboxylic acid groups (broad SMARTS) is 1. The van der Waals surface area contributed by atoms with Crippen LogP contribution >= 0.6 is 0 Å². The van der Waals surface area contributed by atoms with Gasteiger partial charge in [0.15, 0.2) is 0 Å². The smallest absolute Gasteiger partial charge is 0.328 e. The molecular weight excluding hydrogens is 348 g/mol. The molecule has 0 aliphatic heterocycles. The lowest BCUT2D eigenvalue weighted by atomic mass is 10.1. The molecule has 0 amide bonds. The molecular formula is C17H11F2N3O4. The zero-order valence-electron chi connectivity index (χ0n) is 13.1. The first-order chi connectivity index (χ1) is 12.3. The molecule has 1 aromatic heterocycles. The van der Waals surface area contributed by atoms with E-state index in [0.717, 1.165) is 18.2 Å². The SMILES string of the molecule is O=C(O)/C=C/c1nn(Cc2ccc(F)cc2F)c2cc([N+](=O)[O-])ccc12. The molecule has 0 aliphatic carbocycles. The first-order valence-electron chi connectivity index (χ1n) is 7.35. The molecule has 3 rings (SSSR count). The predicted molar refractivity (Wildman–Crippen MR) is 88.5 cm³/mol. The average Bonchev–Trinajstić information content (AvgIpc) is 2.92. The van der Waals surface area contributed by atoms with Crippen molar-refractivity contribution in [2.45, 2.75) is 6.54 Å². The standard InChI is InChI=1S/C17H11F2N3O4/c18-11-2-1-10(14(19)7-11)9-21-16-8-12(22(25)26)3-4-13(16)15(20-21)5-6-17(23)24/h1-8H,9H2,(H,23,24)/b6-5+. The van der Waals surface area contributed by atoms with E-state index in [1.165, 1.54) is 35.0 Å². The van der Waals surface area contributed by atoms with Crippen LogP contribution in [-0.4, -0.2) is 25.8 Å². The summed E-state index contributed by atoms with van der Waals surface area (Å²) in [4.78, 5) is 21.2. The van der Waals surface area contributed by atoms with Crippen molar-refractivity contribution in [1.29, 1.82) is 0 Å². The van der Waals surface area contributed by atoms with Gasteiger partial charge in [0.05, 0.1) is 22.7 Å². The minimum atomic E-state index is -1.18. The zero-order chi connectivity index (χ0) is 18.8. The minimum absolute atomic E-state index is 0.106. The molecule has 0 saturated heterocycles. The number of aliphatic carboxylic acids is 1. The fourth-order valence-electron chi connectivity index (χ4n) is 2.51. The maximum atomic E-state index is 13.9. The van der Waals surface area contributed by atoms with Gasteiger partial charge in [0.25, 0.3) is 5.69 Å².